The fourth-order valence-electron chi connectivity index (χ4n) is 1.50. The Balaban J connectivity index is 1.70. The maximum Gasteiger partial charge on any atom is 0.254 e. The van der Waals surface area contributed by atoms with Crippen molar-refractivity contribution in [2.45, 2.75) is 6.42 Å². The Morgan fingerprint density at radius 2 is 2.53 bits per heavy atom. The predicted molar refractivity (Wildman–Crippen MR) is 66.8 cm³/mol. The van der Waals surface area contributed by atoms with Gasteiger partial charge < -0.3 is 4.52 Å². The van der Waals surface area contributed by atoms with Gasteiger partial charge in [-0.1, -0.05) is 5.16 Å². The monoisotopic (exact) mass is 268 g/mol. The summed E-state index contributed by atoms with van der Waals surface area (Å²) in [5, 5.41) is 5.35. The van der Waals surface area contributed by atoms with Crippen molar-refractivity contribution in [3.05, 3.63) is 18.0 Å². The first-order valence-corrected chi connectivity index (χ1v) is 7.15. The number of amidine groups is 2. The first kappa shape index (κ1) is 10.8. The van der Waals surface area contributed by atoms with Crippen LogP contribution in [0.4, 0.5) is 0 Å². The number of rotatable bonds is 2. The zero-order chi connectivity index (χ0) is 11.7. The van der Waals surface area contributed by atoms with Crippen LogP contribution in [-0.2, 0) is 11.2 Å². The maximum absolute atomic E-state index is 11.7. The highest BCUT2D eigenvalue weighted by Crippen LogP contribution is 2.38. The minimum atomic E-state index is -0.213. The molecular formula is C9H8N4O2S2. The molecule has 2 aliphatic heterocycles. The van der Waals surface area contributed by atoms with Gasteiger partial charge in [-0.15, -0.1) is 0 Å². The number of aromatic nitrogens is 1. The van der Waals surface area contributed by atoms with E-state index in [9.17, 15) is 4.79 Å². The lowest BCUT2D eigenvalue weighted by molar-refractivity contribution is -0.117. The Bertz CT molecular complexity index is 497. The molecule has 8 heteroatoms. The van der Waals surface area contributed by atoms with Gasteiger partial charge >= 0.3 is 0 Å². The molecule has 1 saturated heterocycles. The average molecular weight is 268 g/mol. The van der Waals surface area contributed by atoms with Crippen molar-refractivity contribution in [1.82, 2.24) is 10.1 Å². The van der Waals surface area contributed by atoms with Gasteiger partial charge in [-0.05, 0) is 21.6 Å². The number of amides is 1. The van der Waals surface area contributed by atoms with Gasteiger partial charge in [0, 0.05) is 12.6 Å². The minimum absolute atomic E-state index is 0.172. The van der Waals surface area contributed by atoms with Crippen LogP contribution in [0.5, 0.6) is 0 Å². The minimum Gasteiger partial charge on any atom is -0.364 e. The van der Waals surface area contributed by atoms with E-state index >= 15 is 0 Å². The van der Waals surface area contributed by atoms with Crippen molar-refractivity contribution >= 4 is 37.8 Å². The van der Waals surface area contributed by atoms with E-state index in [1.165, 1.54) is 17.1 Å². The van der Waals surface area contributed by atoms with Gasteiger partial charge in [0.1, 0.15) is 6.26 Å². The van der Waals surface area contributed by atoms with E-state index in [1.54, 1.807) is 16.9 Å². The van der Waals surface area contributed by atoms with Crippen molar-refractivity contribution in [1.29, 1.82) is 0 Å². The van der Waals surface area contributed by atoms with Crippen molar-refractivity contribution < 1.29 is 9.32 Å². The molecule has 0 bridgehead atoms. The zero-order valence-electron chi connectivity index (χ0n) is 8.70. The molecule has 0 radical (unpaired) electrons. The molecule has 2 aliphatic rings. The van der Waals surface area contributed by atoms with E-state index in [-0.39, 0.29) is 12.3 Å². The molecule has 0 aromatic carbocycles. The van der Waals surface area contributed by atoms with E-state index in [4.69, 9.17) is 0 Å². The van der Waals surface area contributed by atoms with Crippen LogP contribution in [0, 0.1) is 0 Å². The van der Waals surface area contributed by atoms with Gasteiger partial charge in [0.2, 0.25) is 0 Å². The highest BCUT2D eigenvalue weighted by Gasteiger charge is 2.31. The molecule has 3 heterocycles. The SMILES string of the molecule is O=C(Cc1ccon1)N=C1SSC2=NCCN21. The second-order valence-electron chi connectivity index (χ2n) is 3.44. The van der Waals surface area contributed by atoms with Crippen LogP contribution in [0.25, 0.3) is 0 Å². The van der Waals surface area contributed by atoms with Crippen molar-refractivity contribution in [3.8, 4) is 0 Å². The molecule has 0 spiro atoms. The van der Waals surface area contributed by atoms with Gasteiger partial charge in [0.05, 0.1) is 18.7 Å². The van der Waals surface area contributed by atoms with Gasteiger partial charge in [0.25, 0.3) is 5.91 Å². The largest absolute Gasteiger partial charge is 0.364 e. The first-order valence-electron chi connectivity index (χ1n) is 5.00. The van der Waals surface area contributed by atoms with Crippen molar-refractivity contribution in [2.24, 2.45) is 9.98 Å². The molecule has 0 aliphatic carbocycles. The topological polar surface area (TPSA) is 71.1 Å². The second-order valence-corrected chi connectivity index (χ2v) is 5.50. The van der Waals surface area contributed by atoms with Gasteiger partial charge in [-0.25, -0.2) is 0 Å². The van der Waals surface area contributed by atoms with Gasteiger partial charge in [-0.3, -0.25) is 14.7 Å². The molecule has 17 heavy (non-hydrogen) atoms. The van der Waals surface area contributed by atoms with Crippen LogP contribution < -0.4 is 0 Å². The number of hydrogen-bond acceptors (Lipinski definition) is 6. The molecule has 6 nitrogen and oxygen atoms in total. The molecule has 0 atom stereocenters. The number of nitrogens with zero attached hydrogens (tertiary/aromatic N) is 4. The summed E-state index contributed by atoms with van der Waals surface area (Å²) in [6.07, 6.45) is 1.62. The van der Waals surface area contributed by atoms with Gasteiger partial charge in [-0.2, -0.15) is 4.99 Å². The Morgan fingerprint density at radius 3 is 3.35 bits per heavy atom. The highest BCUT2D eigenvalue weighted by molar-refractivity contribution is 8.88. The molecule has 1 aromatic heterocycles. The lowest BCUT2D eigenvalue weighted by Gasteiger charge is -2.08. The van der Waals surface area contributed by atoms with Crippen molar-refractivity contribution in [2.75, 3.05) is 13.1 Å². The van der Waals surface area contributed by atoms with Gasteiger partial charge in [0.15, 0.2) is 10.3 Å². The smallest absolute Gasteiger partial charge is 0.254 e. The first-order chi connectivity index (χ1) is 8.33. The Hall–Kier alpha value is -1.28. The fourth-order valence-corrected chi connectivity index (χ4v) is 3.79. The van der Waals surface area contributed by atoms with E-state index in [2.05, 4.69) is 19.7 Å². The van der Waals surface area contributed by atoms with Crippen LogP contribution in [0.2, 0.25) is 0 Å². The number of hydrogen-bond donors (Lipinski definition) is 0. The molecule has 1 fully saturated rings. The fraction of sp³-hybridized carbons (Fsp3) is 0.333. The standard InChI is InChI=1S/C9H8N4O2S2/c14-7(5-6-1-4-15-12-6)11-9-13-3-2-10-8(13)16-17-9/h1,4H,2-3,5H2. The lowest BCUT2D eigenvalue weighted by atomic mass is 10.3. The molecule has 88 valence electrons. The summed E-state index contributed by atoms with van der Waals surface area (Å²) >= 11 is 0. The summed E-state index contributed by atoms with van der Waals surface area (Å²) in [4.78, 5) is 22.0. The summed E-state index contributed by atoms with van der Waals surface area (Å²) in [6.45, 7) is 1.59. The molecule has 3 rings (SSSR count). The van der Waals surface area contributed by atoms with Crippen LogP contribution in [-0.4, -0.2) is 39.4 Å². The number of fused-ring (bicyclic) bond motifs is 1. The summed E-state index contributed by atoms with van der Waals surface area (Å²) < 4.78 is 4.67. The average Bonchev–Trinajstić information content (AvgIpc) is 2.97. The summed E-state index contributed by atoms with van der Waals surface area (Å²) in [5.41, 5.74) is 0.602. The molecule has 1 aromatic rings. The third-order valence-electron chi connectivity index (χ3n) is 2.27. The van der Waals surface area contributed by atoms with Crippen LogP contribution in [0.15, 0.2) is 26.8 Å². The maximum atomic E-state index is 11.7. The molecule has 0 saturated carbocycles. The molecule has 1 amide bonds. The van der Waals surface area contributed by atoms with Crippen LogP contribution in [0.1, 0.15) is 5.69 Å². The summed E-state index contributed by atoms with van der Waals surface area (Å²) in [6, 6.07) is 1.66. The zero-order valence-corrected chi connectivity index (χ0v) is 10.3. The summed E-state index contributed by atoms with van der Waals surface area (Å²) in [7, 11) is 3.02. The van der Waals surface area contributed by atoms with E-state index < -0.39 is 0 Å². The van der Waals surface area contributed by atoms with Crippen LogP contribution in [0.3, 0.4) is 0 Å². The Labute approximate surface area is 105 Å². The molecule has 0 unspecified atom stereocenters. The number of carbonyl (C=O) groups excluding carboxylic acids is 1. The number of carbonyl (C=O) groups is 1. The van der Waals surface area contributed by atoms with E-state index in [1.807, 2.05) is 4.90 Å². The second kappa shape index (κ2) is 4.53. The van der Waals surface area contributed by atoms with Crippen LogP contribution >= 0.6 is 21.6 Å². The van der Waals surface area contributed by atoms with E-state index in [0.717, 1.165) is 23.4 Å². The highest BCUT2D eigenvalue weighted by atomic mass is 33.1. The Morgan fingerprint density at radius 1 is 1.59 bits per heavy atom. The number of aliphatic imine (C=N–C) groups is 2. The normalized spacial score (nSPS) is 20.8. The van der Waals surface area contributed by atoms with Crippen molar-refractivity contribution in [3.63, 3.8) is 0 Å². The van der Waals surface area contributed by atoms with E-state index in [0.29, 0.717) is 5.69 Å². The quantitative estimate of drug-likeness (QED) is 0.750. The third-order valence-corrected chi connectivity index (χ3v) is 4.45. The third kappa shape index (κ3) is 2.22. The Kier molecular flexibility index (Phi) is 2.89. The molecular weight excluding hydrogens is 260 g/mol. The lowest BCUT2D eigenvalue weighted by Crippen LogP contribution is -2.26. The molecule has 0 N–H and O–H groups in total. The summed E-state index contributed by atoms with van der Waals surface area (Å²) in [5.74, 6) is -0.213. The predicted octanol–water partition coefficient (Wildman–Crippen LogP) is 1.17.